The number of benzene rings is 8. The van der Waals surface area contributed by atoms with Crippen molar-refractivity contribution >= 4 is 170 Å². The molecule has 0 radical (unpaired) electrons. The van der Waals surface area contributed by atoms with E-state index in [0.29, 0.717) is 62.2 Å². The average Bonchev–Trinajstić information content (AvgIpc) is 1.70. The zero-order chi connectivity index (χ0) is 92.0. The molecule has 0 aliphatic heterocycles. The van der Waals surface area contributed by atoms with Crippen LogP contribution in [-0.4, -0.2) is 107 Å². The second kappa shape index (κ2) is 49.7. The molecule has 0 aliphatic rings. The minimum atomic E-state index is -4.34. The van der Waals surface area contributed by atoms with Crippen molar-refractivity contribution in [2.24, 2.45) is 4.99 Å². The van der Waals surface area contributed by atoms with E-state index in [4.69, 9.17) is 52.5 Å². The van der Waals surface area contributed by atoms with Crippen molar-refractivity contribution in [3.63, 3.8) is 0 Å². The third kappa shape index (κ3) is 29.6. The molecule has 7 aromatic heterocycles. The summed E-state index contributed by atoms with van der Waals surface area (Å²) in [5.74, 6) is -0.477. The number of aliphatic imine (C=N–C) groups is 1. The van der Waals surface area contributed by atoms with Crippen molar-refractivity contribution in [2.45, 2.75) is 69.7 Å². The Balaban J connectivity index is 0.000000164. The molecule has 0 amide bonds. The van der Waals surface area contributed by atoms with Crippen LogP contribution in [0.4, 0.5) is 37.8 Å². The first-order chi connectivity index (χ1) is 63.2. The van der Waals surface area contributed by atoms with Gasteiger partial charge in [0.1, 0.15) is 78.0 Å². The molecule has 15 rings (SSSR count). The van der Waals surface area contributed by atoms with Crippen molar-refractivity contribution in [2.75, 3.05) is 34.3 Å². The number of thiazole rings is 7. The summed E-state index contributed by atoms with van der Waals surface area (Å²) in [7, 11) is -3.08. The fourth-order valence-corrected chi connectivity index (χ4v) is 18.4. The second-order valence-electron chi connectivity index (χ2n) is 27.0. The number of hydrogen-bond acceptors (Lipinski definition) is 35. The normalized spacial score (nSPS) is 11.5. The summed E-state index contributed by atoms with van der Waals surface area (Å²) in [6.45, 7) is 7.37. The summed E-state index contributed by atoms with van der Waals surface area (Å²) in [4.78, 5) is 112. The van der Waals surface area contributed by atoms with Gasteiger partial charge in [-0.3, -0.25) is 54.0 Å². The Morgan fingerprint density at radius 1 is 0.469 bits per heavy atom. The van der Waals surface area contributed by atoms with Gasteiger partial charge >= 0.3 is 22.8 Å². The summed E-state index contributed by atoms with van der Waals surface area (Å²) in [5.41, 5.74) is 18.6. The number of nitro benzene ring substituents is 3. The molecule has 0 unspecified atom stereocenters. The van der Waals surface area contributed by atoms with E-state index in [0.717, 1.165) is 102 Å². The van der Waals surface area contributed by atoms with Gasteiger partial charge in [0.05, 0.1) is 90.2 Å². The van der Waals surface area contributed by atoms with Gasteiger partial charge < -0.3 is 39.7 Å². The highest BCUT2D eigenvalue weighted by molar-refractivity contribution is 7.87. The molecule has 4 atom stereocenters. The lowest BCUT2D eigenvalue weighted by Crippen LogP contribution is -2.15. The van der Waals surface area contributed by atoms with Gasteiger partial charge in [-0.15, -0.1) is 79.4 Å². The summed E-state index contributed by atoms with van der Waals surface area (Å²) >= 11 is 15.2. The third-order valence-electron chi connectivity index (χ3n) is 18.3. The van der Waals surface area contributed by atoms with Crippen LogP contribution in [-0.2, 0) is 93.9 Å². The number of methoxy groups -OCH3 is 1. The number of nitrogens with one attached hydrogen (secondary N) is 4. The van der Waals surface area contributed by atoms with Crippen molar-refractivity contribution in [3.05, 3.63) is 360 Å². The monoisotopic (exact) mass is 1910 g/mol. The first-order valence-corrected chi connectivity index (χ1v) is 46.4. The maximum atomic E-state index is 11.0. The molecule has 0 spiro atoms. The maximum absolute atomic E-state index is 11.0. The average molecular weight is 1920 g/mol. The van der Waals surface area contributed by atoms with Crippen molar-refractivity contribution in [1.82, 2.24) is 34.9 Å². The quantitative estimate of drug-likeness (QED) is 0.00276. The number of nitrogens with zero attached hydrogens (tertiary/aromatic N) is 12. The van der Waals surface area contributed by atoms with Gasteiger partial charge in [-0.1, -0.05) is 170 Å². The molecule has 7 heterocycles. The smallest absolute Gasteiger partial charge is 0.386 e. The molecule has 0 fully saturated rings. The van der Waals surface area contributed by atoms with Crippen LogP contribution in [0.3, 0.4) is 0 Å². The zero-order valence-electron chi connectivity index (χ0n) is 68.0. The molecule has 0 bridgehead atoms. The number of thiocarbonyl (C=S) groups is 1. The number of isothiocyanates is 1. The number of carbonyl (C=O) groups excluding carboxylic acids is 4. The topological polar surface area (TPSA) is 444 Å². The molecular weight excluding hydrogens is 1840 g/mol. The van der Waals surface area contributed by atoms with Crippen LogP contribution in [0.15, 0.2) is 261 Å². The van der Waals surface area contributed by atoms with Crippen LogP contribution in [0.25, 0.3) is 47.1 Å². The van der Waals surface area contributed by atoms with Crippen LogP contribution < -0.4 is 20.7 Å². The van der Waals surface area contributed by atoms with Gasteiger partial charge in [-0.2, -0.15) is 8.42 Å². The molecule has 0 saturated carbocycles. The Kier molecular flexibility index (Phi) is 36.8. The van der Waals surface area contributed by atoms with Crippen LogP contribution >= 0.6 is 91.6 Å². The summed E-state index contributed by atoms with van der Waals surface area (Å²) in [6.07, 6.45) is 2.21. The largest absolute Gasteiger partial charge is 0.464 e. The van der Waals surface area contributed by atoms with E-state index in [1.165, 1.54) is 77.5 Å². The molecule has 15 aromatic rings. The van der Waals surface area contributed by atoms with Crippen LogP contribution in [0.1, 0.15) is 86.3 Å². The van der Waals surface area contributed by atoms with E-state index in [2.05, 4.69) is 55.6 Å². The van der Waals surface area contributed by atoms with E-state index in [1.807, 2.05) is 148 Å². The zero-order valence-corrected chi connectivity index (χ0v) is 75.4. The third-order valence-corrected chi connectivity index (χ3v) is 25.0. The minimum absolute atomic E-state index is 0.0500. The van der Waals surface area contributed by atoms with Gasteiger partial charge in [-0.25, -0.2) is 51.2 Å². The summed E-state index contributed by atoms with van der Waals surface area (Å²) in [6, 6.07) is 64.9. The molecule has 0 aliphatic carbocycles. The molecule has 33 nitrogen and oxygen atoms in total. The summed E-state index contributed by atoms with van der Waals surface area (Å²) in [5, 5.41) is 59.5. The van der Waals surface area contributed by atoms with E-state index in [9.17, 15) is 57.9 Å². The predicted octanol–water partition coefficient (Wildman–Crippen LogP) is 20.2. The first-order valence-electron chi connectivity index (χ1n) is 38.4. The highest BCUT2D eigenvalue weighted by Gasteiger charge is 2.26. The molecule has 0 saturated heterocycles. The van der Waals surface area contributed by atoms with Crippen molar-refractivity contribution < 1.29 is 65.9 Å². The Hall–Kier alpha value is -14.4. The number of anilines is 4. The Morgan fingerprint density at radius 2 is 0.762 bits per heavy atom. The lowest BCUT2D eigenvalue weighted by atomic mass is 10.0. The van der Waals surface area contributed by atoms with Crippen molar-refractivity contribution in [3.8, 4) is 42.3 Å². The Labute approximate surface area is 776 Å². The lowest BCUT2D eigenvalue weighted by Gasteiger charge is -2.18. The Bertz CT molecular complexity index is 6210. The minimum Gasteiger partial charge on any atom is -0.464 e. The van der Waals surface area contributed by atoms with Gasteiger partial charge in [0.25, 0.3) is 36.5 Å². The second-order valence-corrected chi connectivity index (χ2v) is 34.3. The molecule has 8 aromatic carbocycles. The molecule has 42 heteroatoms. The van der Waals surface area contributed by atoms with Gasteiger partial charge in [0.15, 0.2) is 0 Å². The molecule has 5 N–H and O–H groups in total. The lowest BCUT2D eigenvalue weighted by molar-refractivity contribution is -0.385. The summed E-state index contributed by atoms with van der Waals surface area (Å²) < 4.78 is 51.8. The number of non-ortho nitro benzene ring substituents is 3. The number of aromatic nitrogens is 7. The Morgan fingerprint density at radius 3 is 1.03 bits per heavy atom. The number of hydrogen-bond donors (Lipinski definition) is 5. The standard InChI is InChI=1S/C22H20N4O5S3.2C22H18N4O4S2.C18H13N3O2S2.C4H5NO2/c27-14-31-11-19-22(33-13-23-19)24-18(10-15-6-8-17(9-7-15)26-34(28,29)30)20-12-32-21(25-20)16-4-2-1-3-5-16;2*27-14-30-11-19-22(32-13-23-19)24-18(10-15-6-8-17(9-7-15)26(28)29)20-12-31-21(25-20)16-4-2-1-3-5-16;22-21(23)15-8-6-13(7-9-15)10-16(19-12-24)17-11-25-18(20-17)14-4-2-1-3-5-14;1-5-3-4(6)7-2/h1-9,12-14,18,24,26H,10-11H2,(H,28,29,30);2*1-9,12-14,18,24H,10-11H2;1-9,11,16H,10H2;3H2,2H3/t3*18-;16-;/m0000./s1. The highest BCUT2D eigenvalue weighted by atomic mass is 32.2. The van der Waals surface area contributed by atoms with Gasteiger partial charge in [-0.05, 0) is 65.9 Å². The van der Waals surface area contributed by atoms with Crippen LogP contribution in [0.5, 0.6) is 0 Å². The van der Waals surface area contributed by atoms with E-state index in [-0.39, 0.29) is 73.3 Å². The van der Waals surface area contributed by atoms with E-state index in [1.54, 1.807) is 123 Å². The number of carbonyl (C=O) groups is 4. The van der Waals surface area contributed by atoms with Gasteiger partial charge in [0, 0.05) is 86.6 Å². The molecular formula is C88H74N16O17S9. The number of ether oxygens (including phenoxy) is 4. The fourth-order valence-electron chi connectivity index (χ4n) is 12.1. The van der Waals surface area contributed by atoms with E-state index >= 15 is 0 Å². The fraction of sp³-hybridized carbons (Fsp3) is 0.148. The van der Waals surface area contributed by atoms with Crippen LogP contribution in [0.2, 0.25) is 0 Å². The molecule has 662 valence electrons. The molecule has 130 heavy (non-hydrogen) atoms. The predicted molar refractivity (Wildman–Crippen MR) is 505 cm³/mol. The van der Waals surface area contributed by atoms with E-state index < -0.39 is 31.0 Å². The SMILES string of the molecule is O=COCc1ncsc1N[C@@H](Cc1ccc(NS(=O)(=O)O)cc1)c1csc(-c2ccccc2)n1.O=COCc1ncsc1N[C@@H](Cc1ccc([N+](=O)[O-])cc1)c1csc(-c2ccccc2)n1.O=COCc1ncsc1N[C@@H](Cc1ccc([N+](=O)[O-])cc1)c1csc(-c2ccccc2)n1.O=[N+]([O-])c1ccc(C[C@H](N=C=S)c2csc(-c3ccccc3)n2)cc1.[C-]#[N+]CC(=O)OC. The number of esters is 1. The van der Waals surface area contributed by atoms with Crippen LogP contribution in [0, 0.1) is 36.9 Å². The maximum Gasteiger partial charge on any atom is 0.386 e. The number of nitro groups is 3. The van der Waals surface area contributed by atoms with Crippen molar-refractivity contribution in [1.29, 1.82) is 0 Å². The highest BCUT2D eigenvalue weighted by Crippen LogP contribution is 2.38. The van der Waals surface area contributed by atoms with Gasteiger partial charge in [0.2, 0.25) is 0 Å². The number of rotatable bonds is 38. The first kappa shape index (κ1) is 96.3.